The smallest absolute Gasteiger partial charge is 0.241 e. The zero-order valence-corrected chi connectivity index (χ0v) is 8.24. The van der Waals surface area contributed by atoms with Crippen LogP contribution in [0.1, 0.15) is 5.56 Å². The third-order valence-corrected chi connectivity index (χ3v) is 1.12. The first kappa shape index (κ1) is 11.7. The zero-order chi connectivity index (χ0) is 10.1. The van der Waals surface area contributed by atoms with Crippen LogP contribution in [0.25, 0.3) is 6.08 Å². The van der Waals surface area contributed by atoms with E-state index in [1.165, 1.54) is 6.08 Å². The fraction of sp³-hybridized carbons (Fsp3) is 0.111. The molecule has 0 fully saturated rings. The Morgan fingerprint density at radius 2 is 2.31 bits per heavy atom. The average molecular weight is 196 g/mol. The molecule has 1 rings (SSSR count). The van der Waals surface area contributed by atoms with Crippen molar-refractivity contribution >= 4 is 24.6 Å². The van der Waals surface area contributed by atoms with Crippen molar-refractivity contribution in [2.75, 3.05) is 6.26 Å². The lowest BCUT2D eigenvalue weighted by molar-refractivity contribution is -0.113. The van der Waals surface area contributed by atoms with Gasteiger partial charge in [-0.05, 0) is 24.0 Å². The Kier molecular flexibility index (Phi) is 6.63. The van der Waals surface area contributed by atoms with Crippen LogP contribution in [0.2, 0.25) is 0 Å². The summed E-state index contributed by atoms with van der Waals surface area (Å²) in [5.74, 6) is -0.450. The molecule has 1 amide bonds. The minimum absolute atomic E-state index is 0.450. The molecule has 0 aliphatic rings. The fourth-order valence-corrected chi connectivity index (χ4v) is 0.653. The van der Waals surface area contributed by atoms with Crippen molar-refractivity contribution in [1.82, 2.24) is 4.98 Å². The van der Waals surface area contributed by atoms with Gasteiger partial charge in [0, 0.05) is 18.5 Å². The van der Waals surface area contributed by atoms with Crippen LogP contribution in [-0.4, -0.2) is 17.1 Å². The molecule has 0 aromatic carbocycles. The standard InChI is InChI=1S/C8H8N2O.CH4S/c9-8(11)4-3-7-2-1-5-10-6-7;1-2/h1-6H,(H2,9,11);2H,1H3/b4-3+;. The van der Waals surface area contributed by atoms with Gasteiger partial charge in [0.05, 0.1) is 0 Å². The molecular weight excluding hydrogens is 184 g/mol. The van der Waals surface area contributed by atoms with E-state index in [1.807, 2.05) is 6.07 Å². The number of hydrogen-bond donors (Lipinski definition) is 2. The molecule has 1 heterocycles. The number of pyridine rings is 1. The van der Waals surface area contributed by atoms with Gasteiger partial charge in [0.1, 0.15) is 0 Å². The Balaban J connectivity index is 0.000000671. The van der Waals surface area contributed by atoms with E-state index in [0.717, 1.165) is 5.56 Å². The van der Waals surface area contributed by atoms with E-state index in [4.69, 9.17) is 5.73 Å². The molecule has 2 N–H and O–H groups in total. The number of primary amides is 1. The van der Waals surface area contributed by atoms with Crippen LogP contribution in [0.4, 0.5) is 0 Å². The molecule has 70 valence electrons. The first-order valence-corrected chi connectivity index (χ1v) is 4.51. The fourth-order valence-electron chi connectivity index (χ4n) is 0.653. The molecule has 0 bridgehead atoms. The highest BCUT2D eigenvalue weighted by Gasteiger charge is 1.84. The summed E-state index contributed by atoms with van der Waals surface area (Å²) >= 11 is 3.53. The molecule has 13 heavy (non-hydrogen) atoms. The van der Waals surface area contributed by atoms with Crippen LogP contribution in [0.15, 0.2) is 30.6 Å². The van der Waals surface area contributed by atoms with E-state index in [1.54, 1.807) is 30.8 Å². The number of carbonyl (C=O) groups is 1. The molecule has 0 saturated heterocycles. The highest BCUT2D eigenvalue weighted by atomic mass is 32.1. The Morgan fingerprint density at radius 1 is 1.62 bits per heavy atom. The van der Waals surface area contributed by atoms with Crippen molar-refractivity contribution in [2.24, 2.45) is 5.73 Å². The number of rotatable bonds is 2. The van der Waals surface area contributed by atoms with Crippen molar-refractivity contribution in [2.45, 2.75) is 0 Å². The molecule has 0 atom stereocenters. The van der Waals surface area contributed by atoms with Crippen molar-refractivity contribution in [1.29, 1.82) is 0 Å². The molecular formula is C9H12N2OS. The number of nitrogens with zero attached hydrogens (tertiary/aromatic N) is 1. The van der Waals surface area contributed by atoms with Gasteiger partial charge in [-0.3, -0.25) is 9.78 Å². The number of hydrogen-bond acceptors (Lipinski definition) is 3. The van der Waals surface area contributed by atoms with E-state index in [0.29, 0.717) is 0 Å². The van der Waals surface area contributed by atoms with Gasteiger partial charge in [-0.15, -0.1) is 0 Å². The number of nitrogens with two attached hydrogens (primary N) is 1. The molecule has 4 heteroatoms. The van der Waals surface area contributed by atoms with Crippen LogP contribution in [0.3, 0.4) is 0 Å². The first-order valence-electron chi connectivity index (χ1n) is 3.61. The summed E-state index contributed by atoms with van der Waals surface area (Å²) in [6.07, 6.45) is 7.94. The summed E-state index contributed by atoms with van der Waals surface area (Å²) < 4.78 is 0. The molecule has 0 saturated carbocycles. The monoisotopic (exact) mass is 196 g/mol. The Bertz CT molecular complexity index is 272. The maximum absolute atomic E-state index is 10.3. The van der Waals surface area contributed by atoms with Gasteiger partial charge in [0.2, 0.25) is 5.91 Å². The van der Waals surface area contributed by atoms with Crippen molar-refractivity contribution in [3.63, 3.8) is 0 Å². The van der Waals surface area contributed by atoms with Crippen molar-refractivity contribution in [3.05, 3.63) is 36.2 Å². The molecule has 0 aliphatic carbocycles. The highest BCUT2D eigenvalue weighted by molar-refractivity contribution is 7.79. The van der Waals surface area contributed by atoms with E-state index in [2.05, 4.69) is 17.6 Å². The number of aromatic nitrogens is 1. The molecule has 3 nitrogen and oxygen atoms in total. The van der Waals surface area contributed by atoms with Gasteiger partial charge in [-0.25, -0.2) is 0 Å². The minimum Gasteiger partial charge on any atom is -0.366 e. The maximum Gasteiger partial charge on any atom is 0.241 e. The molecule has 0 unspecified atom stereocenters. The van der Waals surface area contributed by atoms with Gasteiger partial charge in [0.15, 0.2) is 0 Å². The van der Waals surface area contributed by atoms with Crippen LogP contribution >= 0.6 is 12.6 Å². The second-order valence-corrected chi connectivity index (χ2v) is 2.02. The third kappa shape index (κ3) is 5.93. The summed E-state index contributed by atoms with van der Waals surface area (Å²) in [4.78, 5) is 14.1. The topological polar surface area (TPSA) is 56.0 Å². The lowest BCUT2D eigenvalue weighted by Crippen LogP contribution is -2.05. The summed E-state index contributed by atoms with van der Waals surface area (Å²) in [5, 5.41) is 0. The van der Waals surface area contributed by atoms with Crippen LogP contribution in [0.5, 0.6) is 0 Å². The lowest BCUT2D eigenvalue weighted by Gasteiger charge is -1.87. The van der Waals surface area contributed by atoms with Crippen molar-refractivity contribution in [3.8, 4) is 0 Å². The van der Waals surface area contributed by atoms with E-state index in [9.17, 15) is 4.79 Å². The number of amides is 1. The zero-order valence-electron chi connectivity index (χ0n) is 7.34. The van der Waals surface area contributed by atoms with Gasteiger partial charge in [-0.1, -0.05) is 6.07 Å². The lowest BCUT2D eigenvalue weighted by atomic mass is 10.2. The van der Waals surface area contributed by atoms with E-state index < -0.39 is 5.91 Å². The van der Waals surface area contributed by atoms with Crippen LogP contribution in [-0.2, 0) is 4.79 Å². The van der Waals surface area contributed by atoms with Gasteiger partial charge in [-0.2, -0.15) is 12.6 Å². The maximum atomic E-state index is 10.3. The summed E-state index contributed by atoms with van der Waals surface area (Å²) in [7, 11) is 0. The summed E-state index contributed by atoms with van der Waals surface area (Å²) in [6, 6.07) is 3.63. The SMILES string of the molecule is CS.NC(=O)/C=C/c1cccnc1. The molecule has 0 aliphatic heterocycles. The highest BCUT2D eigenvalue weighted by Crippen LogP contribution is 1.97. The molecule has 0 spiro atoms. The van der Waals surface area contributed by atoms with Gasteiger partial charge >= 0.3 is 0 Å². The normalized spacial score (nSPS) is 9.08. The largest absolute Gasteiger partial charge is 0.366 e. The molecule has 1 aromatic rings. The summed E-state index contributed by atoms with van der Waals surface area (Å²) in [6.45, 7) is 0. The van der Waals surface area contributed by atoms with E-state index in [-0.39, 0.29) is 0 Å². The molecule has 1 aromatic heterocycles. The van der Waals surface area contributed by atoms with Crippen molar-refractivity contribution < 1.29 is 4.79 Å². The number of thiol groups is 1. The van der Waals surface area contributed by atoms with Crippen LogP contribution < -0.4 is 5.73 Å². The molecule has 0 radical (unpaired) electrons. The summed E-state index contributed by atoms with van der Waals surface area (Å²) in [5.41, 5.74) is 5.76. The second-order valence-electron chi connectivity index (χ2n) is 2.02. The van der Waals surface area contributed by atoms with Gasteiger partial charge in [0.25, 0.3) is 0 Å². The predicted molar refractivity (Wildman–Crippen MR) is 57.4 cm³/mol. The van der Waals surface area contributed by atoms with E-state index >= 15 is 0 Å². The first-order chi connectivity index (χ1) is 6.29. The Hall–Kier alpha value is -1.29. The van der Waals surface area contributed by atoms with Crippen LogP contribution in [0, 0.1) is 0 Å². The second kappa shape index (κ2) is 7.36. The predicted octanol–water partition coefficient (Wildman–Crippen LogP) is 1.13. The Morgan fingerprint density at radius 3 is 2.77 bits per heavy atom. The van der Waals surface area contributed by atoms with Gasteiger partial charge < -0.3 is 5.73 Å². The minimum atomic E-state index is -0.450. The quantitative estimate of drug-likeness (QED) is 0.550. The number of carbonyl (C=O) groups excluding carboxylic acids is 1. The Labute approximate surface area is 83.1 Å². The average Bonchev–Trinajstić information content (AvgIpc) is 2.19. The third-order valence-electron chi connectivity index (χ3n) is 1.12.